The average Bonchev–Trinajstić information content (AvgIpc) is 2.76. The minimum atomic E-state index is -0.0516. The van der Waals surface area contributed by atoms with Gasteiger partial charge in [-0.2, -0.15) is 5.10 Å². The number of rotatable bonds is 4. The molecule has 0 unspecified atom stereocenters. The zero-order chi connectivity index (χ0) is 12.4. The summed E-state index contributed by atoms with van der Waals surface area (Å²) in [5, 5.41) is 4.70. The molecule has 0 amide bonds. The van der Waals surface area contributed by atoms with Crippen LogP contribution in [-0.4, -0.2) is 19.3 Å². The van der Waals surface area contributed by atoms with Crippen LogP contribution < -0.4 is 5.56 Å². The first-order chi connectivity index (χ1) is 8.17. The van der Waals surface area contributed by atoms with E-state index in [0.29, 0.717) is 24.1 Å². The molecule has 90 valence electrons. The highest BCUT2D eigenvalue weighted by atomic mass is 16.1. The Hall–Kier alpha value is -1.91. The van der Waals surface area contributed by atoms with Gasteiger partial charge >= 0.3 is 0 Å². The Balaban J connectivity index is 2.51. The van der Waals surface area contributed by atoms with Gasteiger partial charge in [-0.1, -0.05) is 19.1 Å². The van der Waals surface area contributed by atoms with Crippen LogP contribution >= 0.6 is 0 Å². The van der Waals surface area contributed by atoms with Gasteiger partial charge < -0.3 is 0 Å². The van der Waals surface area contributed by atoms with Crippen LogP contribution in [0.15, 0.2) is 29.5 Å². The Morgan fingerprint density at radius 1 is 1.47 bits per heavy atom. The molecule has 0 aliphatic carbocycles. The van der Waals surface area contributed by atoms with E-state index in [1.165, 1.54) is 0 Å². The summed E-state index contributed by atoms with van der Waals surface area (Å²) in [5.41, 5.74) is 1.61. The normalized spacial score (nSPS) is 10.9. The Labute approximate surface area is 99.4 Å². The fourth-order valence-electron chi connectivity index (χ4n) is 1.69. The Bertz CT molecular complexity index is 608. The van der Waals surface area contributed by atoms with Crippen LogP contribution in [0.3, 0.4) is 0 Å². The molecular formula is C12H16N4O. The van der Waals surface area contributed by atoms with Crippen molar-refractivity contribution in [1.29, 1.82) is 0 Å². The van der Waals surface area contributed by atoms with E-state index in [0.717, 1.165) is 12.0 Å². The fourth-order valence-corrected chi connectivity index (χ4v) is 1.69. The quantitative estimate of drug-likeness (QED) is 0.752. The molecule has 0 N–H and O–H groups in total. The smallest absolute Gasteiger partial charge is 0.264 e. The second-order valence-electron chi connectivity index (χ2n) is 3.98. The number of hydrogen-bond donors (Lipinski definition) is 0. The summed E-state index contributed by atoms with van der Waals surface area (Å²) in [5.74, 6) is 0. The van der Waals surface area contributed by atoms with Crippen molar-refractivity contribution in [2.45, 2.75) is 33.4 Å². The van der Waals surface area contributed by atoms with E-state index in [2.05, 4.69) is 16.7 Å². The summed E-state index contributed by atoms with van der Waals surface area (Å²) in [6, 6.07) is 0. The number of aromatic nitrogens is 4. The summed E-state index contributed by atoms with van der Waals surface area (Å²) in [7, 11) is 0. The number of hydrogen-bond acceptors (Lipinski definition) is 3. The van der Waals surface area contributed by atoms with Gasteiger partial charge in [0.25, 0.3) is 5.56 Å². The maximum Gasteiger partial charge on any atom is 0.264 e. The van der Waals surface area contributed by atoms with Gasteiger partial charge in [-0.3, -0.25) is 9.36 Å². The van der Waals surface area contributed by atoms with Gasteiger partial charge in [-0.05, 0) is 13.3 Å². The molecular weight excluding hydrogens is 216 g/mol. The van der Waals surface area contributed by atoms with E-state index < -0.39 is 0 Å². The van der Waals surface area contributed by atoms with Crippen LogP contribution in [0.1, 0.15) is 20.3 Å². The van der Waals surface area contributed by atoms with Gasteiger partial charge in [-0.25, -0.2) is 9.67 Å². The van der Waals surface area contributed by atoms with Crippen LogP contribution in [0.2, 0.25) is 0 Å². The summed E-state index contributed by atoms with van der Waals surface area (Å²) in [6.07, 6.45) is 4.01. The third-order valence-electron chi connectivity index (χ3n) is 2.82. The molecule has 17 heavy (non-hydrogen) atoms. The predicted molar refractivity (Wildman–Crippen MR) is 66.9 cm³/mol. The SMILES string of the molecule is C=C(CC)Cn1cnc2c(cnn2CC)c1=O. The molecule has 0 saturated carbocycles. The Morgan fingerprint density at radius 3 is 2.88 bits per heavy atom. The molecule has 0 bridgehead atoms. The first-order valence-corrected chi connectivity index (χ1v) is 5.75. The van der Waals surface area contributed by atoms with Crippen LogP contribution in [0.25, 0.3) is 11.0 Å². The summed E-state index contributed by atoms with van der Waals surface area (Å²) in [4.78, 5) is 16.4. The van der Waals surface area contributed by atoms with Gasteiger partial charge in [-0.15, -0.1) is 0 Å². The molecule has 2 aromatic heterocycles. The Kier molecular flexibility index (Phi) is 3.08. The van der Waals surface area contributed by atoms with Crippen molar-refractivity contribution in [1.82, 2.24) is 19.3 Å². The lowest BCUT2D eigenvalue weighted by Gasteiger charge is -2.06. The lowest BCUT2D eigenvalue weighted by Crippen LogP contribution is -2.21. The number of aryl methyl sites for hydroxylation is 1. The van der Waals surface area contributed by atoms with Crippen LogP contribution in [0.5, 0.6) is 0 Å². The van der Waals surface area contributed by atoms with Crippen molar-refractivity contribution in [3.05, 3.63) is 35.0 Å². The second kappa shape index (κ2) is 4.53. The highest BCUT2D eigenvalue weighted by molar-refractivity contribution is 5.72. The van der Waals surface area contributed by atoms with E-state index in [1.54, 1.807) is 21.8 Å². The molecule has 0 aromatic carbocycles. The molecule has 0 saturated heterocycles. The van der Waals surface area contributed by atoms with Crippen molar-refractivity contribution in [3.63, 3.8) is 0 Å². The minimum absolute atomic E-state index is 0.0516. The number of nitrogens with zero attached hydrogens (tertiary/aromatic N) is 4. The summed E-state index contributed by atoms with van der Waals surface area (Å²) >= 11 is 0. The minimum Gasteiger partial charge on any atom is -0.294 e. The molecule has 2 rings (SSSR count). The lowest BCUT2D eigenvalue weighted by atomic mass is 10.2. The van der Waals surface area contributed by atoms with Crippen molar-refractivity contribution in [2.24, 2.45) is 0 Å². The van der Waals surface area contributed by atoms with E-state index in [9.17, 15) is 4.79 Å². The molecule has 0 aliphatic heterocycles. The van der Waals surface area contributed by atoms with Crippen LogP contribution in [-0.2, 0) is 13.1 Å². The van der Waals surface area contributed by atoms with Crippen LogP contribution in [0, 0.1) is 0 Å². The van der Waals surface area contributed by atoms with Gasteiger partial charge in [0, 0.05) is 13.1 Å². The van der Waals surface area contributed by atoms with E-state index in [-0.39, 0.29) is 5.56 Å². The second-order valence-corrected chi connectivity index (χ2v) is 3.98. The molecule has 2 aromatic rings. The standard InChI is InChI=1S/C12H16N4O/c1-4-9(3)7-15-8-13-11-10(12(15)17)6-14-16(11)5-2/h6,8H,3-5,7H2,1-2H3. The van der Waals surface area contributed by atoms with Gasteiger partial charge in [0.2, 0.25) is 0 Å². The maximum atomic E-state index is 12.1. The molecule has 5 nitrogen and oxygen atoms in total. The van der Waals surface area contributed by atoms with Crippen molar-refractivity contribution < 1.29 is 0 Å². The monoisotopic (exact) mass is 232 g/mol. The highest BCUT2D eigenvalue weighted by Crippen LogP contribution is 2.06. The van der Waals surface area contributed by atoms with Crippen molar-refractivity contribution >= 4 is 11.0 Å². The molecule has 0 fully saturated rings. The van der Waals surface area contributed by atoms with Gasteiger partial charge in [0.05, 0.1) is 6.20 Å². The fraction of sp³-hybridized carbons (Fsp3) is 0.417. The predicted octanol–water partition coefficient (Wildman–Crippen LogP) is 1.58. The molecule has 2 heterocycles. The first kappa shape index (κ1) is 11.6. The van der Waals surface area contributed by atoms with Gasteiger partial charge in [0.15, 0.2) is 5.65 Å². The molecule has 0 radical (unpaired) electrons. The molecule has 0 spiro atoms. The zero-order valence-corrected chi connectivity index (χ0v) is 10.2. The van der Waals surface area contributed by atoms with Gasteiger partial charge in [0.1, 0.15) is 11.7 Å². The van der Waals surface area contributed by atoms with E-state index >= 15 is 0 Å². The summed E-state index contributed by atoms with van der Waals surface area (Å²) < 4.78 is 3.30. The third-order valence-corrected chi connectivity index (χ3v) is 2.82. The number of fused-ring (bicyclic) bond motifs is 1. The summed E-state index contributed by atoms with van der Waals surface area (Å²) in [6.45, 7) is 9.13. The van der Waals surface area contributed by atoms with Crippen molar-refractivity contribution in [3.8, 4) is 0 Å². The number of allylic oxidation sites excluding steroid dienone is 1. The molecule has 0 atom stereocenters. The molecule has 5 heteroatoms. The molecule has 0 aliphatic rings. The van der Waals surface area contributed by atoms with Crippen LogP contribution in [0.4, 0.5) is 0 Å². The third kappa shape index (κ3) is 2.00. The highest BCUT2D eigenvalue weighted by Gasteiger charge is 2.09. The van der Waals surface area contributed by atoms with E-state index in [1.807, 2.05) is 13.8 Å². The zero-order valence-electron chi connectivity index (χ0n) is 10.2. The van der Waals surface area contributed by atoms with Crippen molar-refractivity contribution in [2.75, 3.05) is 0 Å². The largest absolute Gasteiger partial charge is 0.294 e. The topological polar surface area (TPSA) is 52.7 Å². The van der Waals surface area contributed by atoms with E-state index in [4.69, 9.17) is 0 Å². The Morgan fingerprint density at radius 2 is 2.24 bits per heavy atom. The maximum absolute atomic E-state index is 12.1. The first-order valence-electron chi connectivity index (χ1n) is 5.75. The lowest BCUT2D eigenvalue weighted by molar-refractivity contribution is 0.669. The average molecular weight is 232 g/mol.